The van der Waals surface area contributed by atoms with Crippen LogP contribution in [0.2, 0.25) is 0 Å². The predicted octanol–water partition coefficient (Wildman–Crippen LogP) is 4.18. The van der Waals surface area contributed by atoms with E-state index in [1.807, 2.05) is 0 Å². The normalized spacial score (nSPS) is 11.7. The first-order chi connectivity index (χ1) is 17.7. The number of rotatable bonds is 12. The molecule has 0 aliphatic rings. The Labute approximate surface area is 215 Å². The fraction of sp³-hybridized carbons (Fsp3) is 0.333. The summed E-state index contributed by atoms with van der Waals surface area (Å²) in [5.41, 5.74) is 8.94. The van der Waals surface area contributed by atoms with Crippen molar-refractivity contribution in [1.29, 1.82) is 5.53 Å². The van der Waals surface area contributed by atoms with Gasteiger partial charge in [-0.1, -0.05) is 24.3 Å². The van der Waals surface area contributed by atoms with Crippen molar-refractivity contribution >= 4 is 29.9 Å². The molecule has 0 radical (unpaired) electrons. The van der Waals surface area contributed by atoms with Crippen molar-refractivity contribution in [3.8, 4) is 5.75 Å². The van der Waals surface area contributed by atoms with Crippen LogP contribution < -0.4 is 4.74 Å². The van der Waals surface area contributed by atoms with Crippen LogP contribution in [0.1, 0.15) is 49.2 Å². The Kier molecular flexibility index (Phi) is 11.1. The number of nitrogens with zero attached hydrogens (tertiary/aromatic N) is 2. The first kappa shape index (κ1) is 28.9. The van der Waals surface area contributed by atoms with E-state index in [0.717, 1.165) is 10.5 Å². The van der Waals surface area contributed by atoms with Crippen LogP contribution in [0.4, 0.5) is 0 Å². The molecule has 0 unspecified atom stereocenters. The summed E-state index contributed by atoms with van der Waals surface area (Å²) in [5, 5.41) is 3.31. The zero-order chi connectivity index (χ0) is 27.4. The lowest BCUT2D eigenvalue weighted by atomic mass is 10.1. The summed E-state index contributed by atoms with van der Waals surface area (Å²) in [6.45, 7) is 6.50. The minimum atomic E-state index is -0.993. The van der Waals surface area contributed by atoms with E-state index in [0.29, 0.717) is 16.9 Å². The minimum absolute atomic E-state index is 0.141. The predicted molar refractivity (Wildman–Crippen MR) is 135 cm³/mol. The Morgan fingerprint density at radius 1 is 0.973 bits per heavy atom. The third kappa shape index (κ3) is 8.68. The second-order valence-electron chi connectivity index (χ2n) is 7.97. The van der Waals surface area contributed by atoms with Crippen molar-refractivity contribution in [3.05, 3.63) is 70.8 Å². The molecule has 0 saturated heterocycles. The summed E-state index contributed by atoms with van der Waals surface area (Å²) in [5.74, 6) is -1.98. The maximum atomic E-state index is 13.1. The second kappa shape index (κ2) is 14.3. The third-order valence-corrected chi connectivity index (χ3v) is 5.22. The largest absolute Gasteiger partial charge is 0.465 e. The lowest BCUT2D eigenvalue weighted by Crippen LogP contribution is -2.47. The molecule has 1 N–H and O–H groups in total. The molecular weight excluding hydrogens is 478 g/mol. The van der Waals surface area contributed by atoms with E-state index in [-0.39, 0.29) is 25.3 Å². The summed E-state index contributed by atoms with van der Waals surface area (Å²) in [4.78, 5) is 51.0. The molecule has 2 aromatic rings. The molecule has 10 heteroatoms. The van der Waals surface area contributed by atoms with E-state index >= 15 is 0 Å². The average molecular weight is 510 g/mol. The highest BCUT2D eigenvalue weighted by molar-refractivity contribution is 6.01. The lowest BCUT2D eigenvalue weighted by molar-refractivity contribution is -0.157. The van der Waals surface area contributed by atoms with Crippen molar-refractivity contribution in [3.63, 3.8) is 0 Å². The monoisotopic (exact) mass is 509 g/mol. The molecule has 2 rings (SSSR count). The molecule has 0 bridgehead atoms. The Balaban J connectivity index is 2.14. The molecular formula is C27H31N3O7. The fourth-order valence-corrected chi connectivity index (χ4v) is 3.29. The molecule has 10 nitrogen and oxygen atoms in total. The van der Waals surface area contributed by atoms with Crippen LogP contribution in [0.3, 0.4) is 0 Å². The molecule has 196 valence electrons. The highest BCUT2D eigenvalue weighted by Gasteiger charge is 2.30. The Bertz CT molecular complexity index is 1140. The average Bonchev–Trinajstić information content (AvgIpc) is 2.88. The van der Waals surface area contributed by atoms with Crippen LogP contribution in [0.25, 0.3) is 6.08 Å². The summed E-state index contributed by atoms with van der Waals surface area (Å²) in [7, 11) is 0. The van der Waals surface area contributed by atoms with Crippen LogP contribution in [-0.2, 0) is 30.4 Å². The number of benzene rings is 2. The SMILES string of the molecule is CCOC(=O)CN(C(=O)C(C)=Cc1ccc(C(=O)Oc2ccc(CN=N)cc2)cc1)[C@H](C)C(=O)OCC. The molecule has 0 spiro atoms. The molecule has 0 aliphatic carbocycles. The van der Waals surface area contributed by atoms with Gasteiger partial charge in [-0.25, -0.2) is 15.1 Å². The van der Waals surface area contributed by atoms with E-state index in [4.69, 9.17) is 19.7 Å². The van der Waals surface area contributed by atoms with Gasteiger partial charge < -0.3 is 19.1 Å². The molecule has 1 amide bonds. The van der Waals surface area contributed by atoms with Gasteiger partial charge in [0.25, 0.3) is 5.91 Å². The van der Waals surface area contributed by atoms with E-state index in [1.165, 1.54) is 6.92 Å². The van der Waals surface area contributed by atoms with Crippen LogP contribution in [0.15, 0.2) is 59.2 Å². The van der Waals surface area contributed by atoms with Gasteiger partial charge in [0.1, 0.15) is 18.3 Å². The van der Waals surface area contributed by atoms with Gasteiger partial charge in [-0.15, -0.1) is 0 Å². The van der Waals surface area contributed by atoms with Crippen LogP contribution in [0.5, 0.6) is 5.75 Å². The first-order valence-corrected chi connectivity index (χ1v) is 11.8. The van der Waals surface area contributed by atoms with Crippen molar-refractivity contribution in [2.24, 2.45) is 5.11 Å². The van der Waals surface area contributed by atoms with Crippen LogP contribution in [-0.4, -0.2) is 54.5 Å². The zero-order valence-corrected chi connectivity index (χ0v) is 21.4. The van der Waals surface area contributed by atoms with E-state index in [9.17, 15) is 19.2 Å². The summed E-state index contributed by atoms with van der Waals surface area (Å²) in [6.07, 6.45) is 1.59. The van der Waals surface area contributed by atoms with Crippen LogP contribution in [0, 0.1) is 5.53 Å². The molecule has 0 aliphatic heterocycles. The number of carbonyl (C=O) groups is 4. The topological polar surface area (TPSA) is 135 Å². The number of hydrogen-bond acceptors (Lipinski definition) is 9. The van der Waals surface area contributed by atoms with Gasteiger partial charge in [0, 0.05) is 5.57 Å². The minimum Gasteiger partial charge on any atom is -0.465 e. The number of amides is 1. The first-order valence-electron chi connectivity index (χ1n) is 11.8. The Hall–Kier alpha value is -4.34. The summed E-state index contributed by atoms with van der Waals surface area (Å²) in [6, 6.07) is 12.1. The van der Waals surface area contributed by atoms with Gasteiger partial charge in [0.15, 0.2) is 0 Å². The van der Waals surface area contributed by atoms with Gasteiger partial charge in [0.2, 0.25) is 0 Å². The Morgan fingerprint density at radius 2 is 1.59 bits per heavy atom. The van der Waals surface area contributed by atoms with E-state index < -0.39 is 36.4 Å². The van der Waals surface area contributed by atoms with Gasteiger partial charge in [-0.05, 0) is 69.2 Å². The maximum absolute atomic E-state index is 13.1. The van der Waals surface area contributed by atoms with Gasteiger partial charge in [-0.3, -0.25) is 9.59 Å². The van der Waals surface area contributed by atoms with Crippen LogP contribution >= 0.6 is 0 Å². The molecule has 1 atom stereocenters. The smallest absolute Gasteiger partial charge is 0.343 e. The number of nitrogens with one attached hydrogen (secondary N) is 1. The highest BCUT2D eigenvalue weighted by atomic mass is 16.5. The number of esters is 3. The molecule has 0 aromatic heterocycles. The van der Waals surface area contributed by atoms with Gasteiger partial charge in [-0.2, -0.15) is 5.11 Å². The molecule has 37 heavy (non-hydrogen) atoms. The van der Waals surface area contributed by atoms with Crippen molar-refractivity contribution in [1.82, 2.24) is 4.90 Å². The number of ether oxygens (including phenoxy) is 3. The Morgan fingerprint density at radius 3 is 2.16 bits per heavy atom. The van der Waals surface area contributed by atoms with E-state index in [1.54, 1.807) is 75.4 Å². The van der Waals surface area contributed by atoms with E-state index in [2.05, 4.69) is 5.11 Å². The molecule has 0 saturated carbocycles. The van der Waals surface area contributed by atoms with Crippen molar-refractivity contribution in [2.45, 2.75) is 40.3 Å². The van der Waals surface area contributed by atoms with Gasteiger partial charge >= 0.3 is 17.9 Å². The summed E-state index contributed by atoms with van der Waals surface area (Å²) < 4.78 is 15.3. The molecule has 0 heterocycles. The van der Waals surface area contributed by atoms with Crippen molar-refractivity contribution in [2.75, 3.05) is 19.8 Å². The molecule has 0 fully saturated rings. The standard InChI is InChI=1S/C27H31N3O7/c1-5-35-24(31)17-30(19(4)26(33)36-6-2)25(32)18(3)15-20-7-11-22(12-8-20)27(34)37-23-13-9-21(10-14-23)16-29-28/h7-15,19,28H,5-6,16-17H2,1-4H3/t19-/m1/s1. The second-order valence-corrected chi connectivity index (χ2v) is 7.97. The lowest BCUT2D eigenvalue weighted by Gasteiger charge is -2.27. The molecule has 2 aromatic carbocycles. The quantitative estimate of drug-likeness (QED) is 0.196. The third-order valence-electron chi connectivity index (χ3n) is 5.22. The van der Waals surface area contributed by atoms with Gasteiger partial charge in [0.05, 0.1) is 25.3 Å². The number of hydrogen-bond donors (Lipinski definition) is 1. The number of carbonyl (C=O) groups excluding carboxylic acids is 4. The maximum Gasteiger partial charge on any atom is 0.343 e. The van der Waals surface area contributed by atoms with Crippen molar-refractivity contribution < 1.29 is 33.4 Å². The fourth-order valence-electron chi connectivity index (χ4n) is 3.29. The zero-order valence-electron chi connectivity index (χ0n) is 21.4. The highest BCUT2D eigenvalue weighted by Crippen LogP contribution is 2.17. The summed E-state index contributed by atoms with van der Waals surface area (Å²) >= 11 is 0.